The number of benzene rings is 1. The summed E-state index contributed by atoms with van der Waals surface area (Å²) in [5.74, 6) is 1.38. The van der Waals surface area contributed by atoms with Crippen molar-refractivity contribution in [1.82, 2.24) is 0 Å². The molecule has 1 saturated carbocycles. The maximum Gasteiger partial charge on any atom is 0.298 e. The van der Waals surface area contributed by atoms with Gasteiger partial charge in [0.1, 0.15) is 5.75 Å². The molecule has 0 unspecified atom stereocenters. The van der Waals surface area contributed by atoms with E-state index >= 15 is 0 Å². The highest BCUT2D eigenvalue weighted by atomic mass is 16.5. The Morgan fingerprint density at radius 3 is 2.15 bits per heavy atom. The maximum absolute atomic E-state index is 10.9. The Balaban J connectivity index is 1.76. The zero-order chi connectivity index (χ0) is 19.2. The van der Waals surface area contributed by atoms with Crippen LogP contribution in [-0.4, -0.2) is 6.47 Å². The van der Waals surface area contributed by atoms with Crippen molar-refractivity contribution in [3.8, 4) is 5.75 Å². The smallest absolute Gasteiger partial charge is 0.298 e. The third-order valence-electron chi connectivity index (χ3n) is 6.14. The third kappa shape index (κ3) is 8.07. The summed E-state index contributed by atoms with van der Waals surface area (Å²) in [5, 5.41) is 0. The average Bonchev–Trinajstić information content (AvgIpc) is 2.70. The molecule has 0 N–H and O–H groups in total. The molecule has 152 valence electrons. The summed E-state index contributed by atoms with van der Waals surface area (Å²) in [4.78, 5) is 10.9. The molecule has 0 spiro atoms. The summed E-state index contributed by atoms with van der Waals surface area (Å²) < 4.78 is 5.35. The average molecular weight is 373 g/mol. The van der Waals surface area contributed by atoms with E-state index in [9.17, 15) is 4.79 Å². The molecule has 0 atom stereocenters. The Morgan fingerprint density at radius 2 is 1.52 bits per heavy atom. The molecule has 2 nitrogen and oxygen atoms in total. The Morgan fingerprint density at radius 1 is 0.889 bits per heavy atom. The van der Waals surface area contributed by atoms with Gasteiger partial charge < -0.3 is 4.74 Å². The number of ether oxygens (including phenoxy) is 1. The summed E-state index contributed by atoms with van der Waals surface area (Å²) in [7, 11) is 0. The lowest BCUT2D eigenvalue weighted by Gasteiger charge is -2.26. The standard InChI is InChI=1S/C25H40O2/c1-2-3-4-5-6-7-8-9-10-12-16-23-19-15-20-24(27-21-26)25(23)22-17-13-11-14-18-22/h15,19-22H,2-14,16-18H2,1H3. The van der Waals surface area contributed by atoms with Gasteiger partial charge in [-0.15, -0.1) is 0 Å². The highest BCUT2D eigenvalue weighted by Gasteiger charge is 2.22. The summed E-state index contributed by atoms with van der Waals surface area (Å²) in [6.45, 7) is 2.87. The highest BCUT2D eigenvalue weighted by molar-refractivity contribution is 5.51. The van der Waals surface area contributed by atoms with Crippen LogP contribution in [0, 0.1) is 0 Å². The molecule has 27 heavy (non-hydrogen) atoms. The Hall–Kier alpha value is -1.31. The topological polar surface area (TPSA) is 26.3 Å². The van der Waals surface area contributed by atoms with Crippen LogP contribution in [0.5, 0.6) is 5.75 Å². The van der Waals surface area contributed by atoms with Crippen LogP contribution in [0.1, 0.15) is 120 Å². The number of unbranched alkanes of at least 4 members (excludes halogenated alkanes) is 9. The van der Waals surface area contributed by atoms with E-state index in [-0.39, 0.29) is 0 Å². The number of carbonyl (C=O) groups excluding carboxylic acids is 1. The molecule has 0 aliphatic heterocycles. The van der Waals surface area contributed by atoms with Crippen molar-refractivity contribution < 1.29 is 9.53 Å². The minimum absolute atomic E-state index is 0.577. The first kappa shape index (κ1) is 22.0. The summed E-state index contributed by atoms with van der Waals surface area (Å²) in [6.07, 6.45) is 21.3. The minimum atomic E-state index is 0.577. The monoisotopic (exact) mass is 372 g/mol. The van der Waals surface area contributed by atoms with E-state index in [1.54, 1.807) is 0 Å². The van der Waals surface area contributed by atoms with Crippen LogP contribution in [0.2, 0.25) is 0 Å². The highest BCUT2D eigenvalue weighted by Crippen LogP contribution is 2.40. The number of hydrogen-bond donors (Lipinski definition) is 0. The van der Waals surface area contributed by atoms with E-state index in [1.807, 2.05) is 6.07 Å². The lowest BCUT2D eigenvalue weighted by molar-refractivity contribution is -0.120. The van der Waals surface area contributed by atoms with E-state index in [2.05, 4.69) is 19.1 Å². The molecule has 1 fully saturated rings. The van der Waals surface area contributed by atoms with Crippen molar-refractivity contribution in [1.29, 1.82) is 0 Å². The van der Waals surface area contributed by atoms with Gasteiger partial charge in [-0.1, -0.05) is 96.1 Å². The molecule has 0 aromatic heterocycles. The molecule has 0 saturated heterocycles. The zero-order valence-corrected chi connectivity index (χ0v) is 17.5. The zero-order valence-electron chi connectivity index (χ0n) is 17.5. The van der Waals surface area contributed by atoms with E-state index in [0.717, 1.165) is 12.2 Å². The predicted octanol–water partition coefficient (Wildman–Crippen LogP) is 7.73. The van der Waals surface area contributed by atoms with E-state index in [0.29, 0.717) is 12.4 Å². The van der Waals surface area contributed by atoms with E-state index in [4.69, 9.17) is 4.74 Å². The fourth-order valence-electron chi connectivity index (χ4n) is 4.62. The van der Waals surface area contributed by atoms with Crippen LogP contribution in [0.25, 0.3) is 0 Å². The van der Waals surface area contributed by atoms with Gasteiger partial charge in [-0.3, -0.25) is 4.79 Å². The van der Waals surface area contributed by atoms with Gasteiger partial charge in [0.25, 0.3) is 6.47 Å². The second kappa shape index (κ2) is 13.8. The molecule has 1 aromatic carbocycles. The Bertz CT molecular complexity index is 517. The Labute approximate surface area is 167 Å². The first-order valence-corrected chi connectivity index (χ1v) is 11.6. The molecule has 1 aliphatic rings. The fourth-order valence-corrected chi connectivity index (χ4v) is 4.62. The Kier molecular flexibility index (Phi) is 11.2. The quantitative estimate of drug-likeness (QED) is 0.247. The van der Waals surface area contributed by atoms with Crippen molar-refractivity contribution in [3.63, 3.8) is 0 Å². The molecule has 1 aromatic rings. The SMILES string of the molecule is CCCCCCCCCCCCc1cccc(OC=O)c1C1CCCCC1. The molecule has 0 bridgehead atoms. The fraction of sp³-hybridized carbons (Fsp3) is 0.720. The number of hydrogen-bond acceptors (Lipinski definition) is 2. The first-order chi connectivity index (χ1) is 13.4. The lowest BCUT2D eigenvalue weighted by Crippen LogP contribution is -2.10. The molecule has 0 amide bonds. The van der Waals surface area contributed by atoms with Gasteiger partial charge in [0.05, 0.1) is 0 Å². The van der Waals surface area contributed by atoms with Gasteiger partial charge in [-0.2, -0.15) is 0 Å². The molecular weight excluding hydrogens is 332 g/mol. The van der Waals surface area contributed by atoms with Crippen LogP contribution in [-0.2, 0) is 11.2 Å². The minimum Gasteiger partial charge on any atom is -0.428 e. The number of rotatable bonds is 14. The van der Waals surface area contributed by atoms with Crippen molar-refractivity contribution in [2.45, 2.75) is 116 Å². The van der Waals surface area contributed by atoms with Gasteiger partial charge in [0, 0.05) is 5.56 Å². The van der Waals surface area contributed by atoms with Gasteiger partial charge in [0.2, 0.25) is 0 Å². The maximum atomic E-state index is 10.9. The lowest BCUT2D eigenvalue weighted by atomic mass is 9.80. The van der Waals surface area contributed by atoms with Crippen molar-refractivity contribution in [3.05, 3.63) is 29.3 Å². The summed E-state index contributed by atoms with van der Waals surface area (Å²) in [5.41, 5.74) is 2.75. The molecule has 0 radical (unpaired) electrons. The van der Waals surface area contributed by atoms with Crippen molar-refractivity contribution in [2.24, 2.45) is 0 Å². The molecular formula is C25H40O2. The van der Waals surface area contributed by atoms with Crippen LogP contribution in [0.4, 0.5) is 0 Å². The summed E-state index contributed by atoms with van der Waals surface area (Å²) >= 11 is 0. The van der Waals surface area contributed by atoms with Crippen LogP contribution < -0.4 is 4.74 Å². The normalized spacial score (nSPS) is 15.0. The second-order valence-corrected chi connectivity index (χ2v) is 8.31. The van der Waals surface area contributed by atoms with Gasteiger partial charge >= 0.3 is 0 Å². The number of aryl methyl sites for hydroxylation is 1. The second-order valence-electron chi connectivity index (χ2n) is 8.31. The van der Waals surface area contributed by atoms with E-state index in [1.165, 1.54) is 107 Å². The van der Waals surface area contributed by atoms with Crippen LogP contribution >= 0.6 is 0 Å². The van der Waals surface area contributed by atoms with Gasteiger partial charge in [-0.05, 0) is 43.2 Å². The van der Waals surface area contributed by atoms with Gasteiger partial charge in [0.15, 0.2) is 0 Å². The first-order valence-electron chi connectivity index (χ1n) is 11.6. The van der Waals surface area contributed by atoms with E-state index < -0.39 is 0 Å². The molecule has 1 aliphatic carbocycles. The summed E-state index contributed by atoms with van der Waals surface area (Å²) in [6, 6.07) is 6.28. The van der Waals surface area contributed by atoms with Crippen molar-refractivity contribution in [2.75, 3.05) is 0 Å². The van der Waals surface area contributed by atoms with Crippen LogP contribution in [0.3, 0.4) is 0 Å². The molecule has 2 rings (SSSR count). The van der Waals surface area contributed by atoms with Crippen molar-refractivity contribution >= 4 is 6.47 Å². The number of carbonyl (C=O) groups is 1. The van der Waals surface area contributed by atoms with Gasteiger partial charge in [-0.25, -0.2) is 0 Å². The van der Waals surface area contributed by atoms with Crippen LogP contribution in [0.15, 0.2) is 18.2 Å². The molecule has 0 heterocycles. The molecule has 2 heteroatoms. The largest absolute Gasteiger partial charge is 0.428 e. The third-order valence-corrected chi connectivity index (χ3v) is 6.14. The predicted molar refractivity (Wildman–Crippen MR) is 115 cm³/mol.